The standard InChI is InChI=1S/C24H37N3O6S/c1-23(2,3)33-22(29)26-24(11-6-4-5-7-12-24)18-25-21(28)19-9-8-10-20(17-19)34(30,31)27-13-15-32-16-14-27/h8-10,17H,4-7,11-16,18H2,1-3H3,(H,25,28)(H,26,29). The first-order valence-electron chi connectivity index (χ1n) is 12.0. The Labute approximate surface area is 202 Å². The molecule has 0 bridgehead atoms. The molecule has 2 amide bonds. The van der Waals surface area contributed by atoms with Crippen molar-refractivity contribution in [3.8, 4) is 0 Å². The van der Waals surface area contributed by atoms with E-state index >= 15 is 0 Å². The van der Waals surface area contributed by atoms with Crippen molar-refractivity contribution in [1.29, 1.82) is 0 Å². The molecule has 2 fully saturated rings. The number of alkyl carbamates (subject to hydrolysis) is 1. The molecule has 1 heterocycles. The molecule has 1 saturated carbocycles. The van der Waals surface area contributed by atoms with E-state index in [1.807, 2.05) is 20.8 Å². The van der Waals surface area contributed by atoms with Crippen molar-refractivity contribution in [2.24, 2.45) is 0 Å². The molecule has 0 atom stereocenters. The largest absolute Gasteiger partial charge is 0.444 e. The van der Waals surface area contributed by atoms with Crippen molar-refractivity contribution in [3.63, 3.8) is 0 Å². The Kier molecular flexibility index (Phi) is 8.59. The van der Waals surface area contributed by atoms with E-state index in [1.165, 1.54) is 16.4 Å². The van der Waals surface area contributed by atoms with E-state index in [9.17, 15) is 18.0 Å². The molecule has 0 aromatic heterocycles. The lowest BCUT2D eigenvalue weighted by Crippen LogP contribution is -2.56. The van der Waals surface area contributed by atoms with Crippen molar-refractivity contribution < 1.29 is 27.5 Å². The van der Waals surface area contributed by atoms with E-state index in [2.05, 4.69) is 10.6 Å². The molecular weight excluding hydrogens is 458 g/mol. The summed E-state index contributed by atoms with van der Waals surface area (Å²) in [5.41, 5.74) is -0.965. The third-order valence-corrected chi connectivity index (χ3v) is 8.01. The molecule has 10 heteroatoms. The van der Waals surface area contributed by atoms with Gasteiger partial charge in [0.2, 0.25) is 10.0 Å². The zero-order chi connectivity index (χ0) is 24.8. The van der Waals surface area contributed by atoms with Gasteiger partial charge >= 0.3 is 6.09 Å². The zero-order valence-corrected chi connectivity index (χ0v) is 21.2. The molecule has 34 heavy (non-hydrogen) atoms. The summed E-state index contributed by atoms with van der Waals surface area (Å²) >= 11 is 0. The third kappa shape index (κ3) is 7.16. The fraction of sp³-hybridized carbons (Fsp3) is 0.667. The smallest absolute Gasteiger partial charge is 0.408 e. The number of hydrogen-bond donors (Lipinski definition) is 2. The van der Waals surface area contributed by atoms with Crippen LogP contribution < -0.4 is 10.6 Å². The van der Waals surface area contributed by atoms with Crippen molar-refractivity contribution in [2.45, 2.75) is 75.3 Å². The number of carbonyl (C=O) groups excluding carboxylic acids is 2. The average molecular weight is 496 g/mol. The normalized spacial score (nSPS) is 19.6. The van der Waals surface area contributed by atoms with E-state index in [0.29, 0.717) is 13.2 Å². The minimum absolute atomic E-state index is 0.0816. The second-order valence-electron chi connectivity index (χ2n) is 10.0. The van der Waals surface area contributed by atoms with Crippen LogP contribution in [0.3, 0.4) is 0 Å². The second kappa shape index (κ2) is 11.0. The van der Waals surface area contributed by atoms with Gasteiger partial charge in [0.05, 0.1) is 23.6 Å². The summed E-state index contributed by atoms with van der Waals surface area (Å²) in [5.74, 6) is -0.381. The number of benzene rings is 1. The van der Waals surface area contributed by atoms with Gasteiger partial charge in [-0.1, -0.05) is 31.7 Å². The predicted octanol–water partition coefficient (Wildman–Crippen LogP) is 3.06. The molecule has 0 radical (unpaired) electrons. The van der Waals surface area contributed by atoms with Gasteiger partial charge in [-0.3, -0.25) is 4.79 Å². The Hall–Kier alpha value is -2.17. The maximum absolute atomic E-state index is 13.0. The number of hydrogen-bond acceptors (Lipinski definition) is 6. The van der Waals surface area contributed by atoms with Crippen molar-refractivity contribution in [3.05, 3.63) is 29.8 Å². The Morgan fingerprint density at radius 1 is 1.09 bits per heavy atom. The van der Waals surface area contributed by atoms with Gasteiger partial charge in [0.15, 0.2) is 0 Å². The van der Waals surface area contributed by atoms with Crippen LogP contribution in [0.15, 0.2) is 29.2 Å². The van der Waals surface area contributed by atoms with Crippen molar-refractivity contribution in [2.75, 3.05) is 32.8 Å². The van der Waals surface area contributed by atoms with Crippen LogP contribution >= 0.6 is 0 Å². The molecule has 1 aromatic rings. The van der Waals surface area contributed by atoms with Crippen LogP contribution in [0.2, 0.25) is 0 Å². The highest BCUT2D eigenvalue weighted by molar-refractivity contribution is 7.89. The molecule has 1 saturated heterocycles. The Balaban J connectivity index is 1.71. The topological polar surface area (TPSA) is 114 Å². The zero-order valence-electron chi connectivity index (χ0n) is 20.4. The highest BCUT2D eigenvalue weighted by Crippen LogP contribution is 2.27. The summed E-state index contributed by atoms with van der Waals surface area (Å²) in [5, 5.41) is 5.95. The van der Waals surface area contributed by atoms with Gasteiger partial charge in [0, 0.05) is 25.2 Å². The number of rotatable bonds is 6. The molecule has 1 aliphatic heterocycles. The lowest BCUT2D eigenvalue weighted by atomic mass is 9.90. The van der Waals surface area contributed by atoms with Gasteiger partial charge in [0.1, 0.15) is 5.60 Å². The van der Waals surface area contributed by atoms with Gasteiger partial charge in [-0.15, -0.1) is 0 Å². The van der Waals surface area contributed by atoms with E-state index in [-0.39, 0.29) is 36.0 Å². The van der Waals surface area contributed by atoms with E-state index < -0.39 is 27.3 Å². The Bertz CT molecular complexity index is 959. The first-order chi connectivity index (χ1) is 16.0. The number of ether oxygens (including phenoxy) is 2. The highest BCUT2D eigenvalue weighted by atomic mass is 32.2. The number of morpholine rings is 1. The molecule has 190 valence electrons. The SMILES string of the molecule is CC(C)(C)OC(=O)NC1(CNC(=O)c2cccc(S(=O)(=O)N3CCOCC3)c2)CCCCCC1. The van der Waals surface area contributed by atoms with Crippen LogP contribution in [0.4, 0.5) is 4.79 Å². The molecule has 2 aliphatic rings. The summed E-state index contributed by atoms with van der Waals surface area (Å²) in [6.45, 7) is 6.96. The molecule has 9 nitrogen and oxygen atoms in total. The minimum atomic E-state index is -3.70. The van der Waals surface area contributed by atoms with Crippen LogP contribution in [0.1, 0.15) is 69.7 Å². The fourth-order valence-corrected chi connectivity index (χ4v) is 5.81. The van der Waals surface area contributed by atoms with Gasteiger partial charge in [-0.2, -0.15) is 4.31 Å². The molecular formula is C24H37N3O6S. The summed E-state index contributed by atoms with van der Waals surface area (Å²) in [6.07, 6.45) is 5.01. The summed E-state index contributed by atoms with van der Waals surface area (Å²) in [6, 6.07) is 6.07. The average Bonchev–Trinajstić information content (AvgIpc) is 3.02. The molecule has 2 N–H and O–H groups in total. The van der Waals surface area contributed by atoms with Gasteiger partial charge in [-0.25, -0.2) is 13.2 Å². The fourth-order valence-electron chi connectivity index (χ4n) is 4.36. The molecule has 1 aromatic carbocycles. The molecule has 3 rings (SSSR count). The van der Waals surface area contributed by atoms with Crippen molar-refractivity contribution in [1.82, 2.24) is 14.9 Å². The Morgan fingerprint density at radius 2 is 1.74 bits per heavy atom. The monoisotopic (exact) mass is 495 g/mol. The van der Waals surface area contributed by atoms with Gasteiger partial charge in [0.25, 0.3) is 5.91 Å². The summed E-state index contributed by atoms with van der Waals surface area (Å²) in [4.78, 5) is 25.6. The lowest BCUT2D eigenvalue weighted by molar-refractivity contribution is 0.0437. The van der Waals surface area contributed by atoms with Gasteiger partial charge in [-0.05, 0) is 51.8 Å². The molecule has 0 spiro atoms. The second-order valence-corrected chi connectivity index (χ2v) is 12.0. The number of nitrogens with one attached hydrogen (secondary N) is 2. The first kappa shape index (κ1) is 26.4. The number of amides is 2. The number of carbonyl (C=O) groups is 2. The van der Waals surface area contributed by atoms with E-state index in [0.717, 1.165) is 38.5 Å². The summed E-state index contributed by atoms with van der Waals surface area (Å²) < 4.78 is 38.0. The maximum atomic E-state index is 13.0. The van der Waals surface area contributed by atoms with Crippen LogP contribution in [-0.4, -0.2) is 68.7 Å². The maximum Gasteiger partial charge on any atom is 0.408 e. The molecule has 1 aliphatic carbocycles. The minimum Gasteiger partial charge on any atom is -0.444 e. The number of sulfonamides is 1. The van der Waals surface area contributed by atoms with E-state index in [1.54, 1.807) is 12.1 Å². The highest BCUT2D eigenvalue weighted by Gasteiger charge is 2.35. The lowest BCUT2D eigenvalue weighted by Gasteiger charge is -2.35. The van der Waals surface area contributed by atoms with Crippen LogP contribution in [0.25, 0.3) is 0 Å². The van der Waals surface area contributed by atoms with Gasteiger partial charge < -0.3 is 20.1 Å². The quantitative estimate of drug-likeness (QED) is 0.587. The van der Waals surface area contributed by atoms with Crippen LogP contribution in [0, 0.1) is 0 Å². The molecule has 0 unspecified atom stereocenters. The third-order valence-electron chi connectivity index (χ3n) is 6.12. The van der Waals surface area contributed by atoms with Crippen LogP contribution in [0.5, 0.6) is 0 Å². The van der Waals surface area contributed by atoms with Crippen LogP contribution in [-0.2, 0) is 19.5 Å². The van der Waals surface area contributed by atoms with E-state index in [4.69, 9.17) is 9.47 Å². The first-order valence-corrected chi connectivity index (χ1v) is 13.4. The van der Waals surface area contributed by atoms with Crippen molar-refractivity contribution >= 4 is 22.0 Å². The summed E-state index contributed by atoms with van der Waals surface area (Å²) in [7, 11) is -3.70. The Morgan fingerprint density at radius 3 is 2.35 bits per heavy atom. The predicted molar refractivity (Wildman–Crippen MR) is 128 cm³/mol. The number of nitrogens with zero attached hydrogens (tertiary/aromatic N) is 1.